The maximum atomic E-state index is 12.5. The van der Waals surface area contributed by atoms with Gasteiger partial charge in [-0.05, 0) is 35.9 Å². The molecule has 1 aliphatic heterocycles. The highest BCUT2D eigenvalue weighted by Gasteiger charge is 2.29. The molecule has 3 rings (SSSR count). The number of pyridine rings is 1. The third-order valence-electron chi connectivity index (χ3n) is 4.39. The van der Waals surface area contributed by atoms with E-state index in [9.17, 15) is 14.4 Å². The second-order valence-electron chi connectivity index (χ2n) is 6.45. The first-order valence-electron chi connectivity index (χ1n) is 8.62. The number of likely N-dealkylation sites (N-methyl/N-ethyl adjacent to an activating group) is 1. The van der Waals surface area contributed by atoms with Crippen molar-refractivity contribution in [2.75, 3.05) is 30.5 Å². The first-order valence-corrected chi connectivity index (χ1v) is 8.62. The summed E-state index contributed by atoms with van der Waals surface area (Å²) in [6, 6.07) is 9.29. The second kappa shape index (κ2) is 7.95. The molecule has 1 aromatic heterocycles. The Labute approximate surface area is 161 Å². The Morgan fingerprint density at radius 2 is 2.14 bits per heavy atom. The lowest BCUT2D eigenvalue weighted by Gasteiger charge is -2.19. The lowest BCUT2D eigenvalue weighted by atomic mass is 10.1. The maximum Gasteiger partial charge on any atom is 0.308 e. The Balaban J connectivity index is 1.82. The Bertz CT molecular complexity index is 930. The molecule has 4 N–H and O–H groups in total. The number of nitrogens with two attached hydrogens (primary N) is 1. The summed E-state index contributed by atoms with van der Waals surface area (Å²) < 4.78 is 4.66. The van der Waals surface area contributed by atoms with Gasteiger partial charge in [0.1, 0.15) is 17.7 Å². The van der Waals surface area contributed by atoms with Crippen LogP contribution >= 0.6 is 0 Å². The molecule has 0 saturated carbocycles. The summed E-state index contributed by atoms with van der Waals surface area (Å²) in [4.78, 5) is 42.2. The quantitative estimate of drug-likeness (QED) is 0.678. The van der Waals surface area contributed by atoms with E-state index in [1.165, 1.54) is 12.0 Å². The number of ether oxygens (including phenoxy) is 1. The van der Waals surface area contributed by atoms with Crippen molar-refractivity contribution in [2.24, 2.45) is 0 Å². The molecule has 0 fully saturated rings. The van der Waals surface area contributed by atoms with Gasteiger partial charge in [0.05, 0.1) is 13.5 Å². The lowest BCUT2D eigenvalue weighted by Crippen LogP contribution is -2.39. The van der Waals surface area contributed by atoms with Gasteiger partial charge in [-0.2, -0.15) is 0 Å². The van der Waals surface area contributed by atoms with Crippen molar-refractivity contribution in [1.82, 2.24) is 9.88 Å². The lowest BCUT2D eigenvalue weighted by molar-refractivity contribution is -0.143. The normalized spacial score (nSPS) is 15.9. The number of anilines is 3. The minimum atomic E-state index is -0.727. The third-order valence-corrected chi connectivity index (χ3v) is 4.39. The number of rotatable bonds is 4. The SMILES string of the molecule is COC(=O)CC1Nc2ccc(C(=O)Nc3cccc(N)n3)cc2CN(C)C1=O. The van der Waals surface area contributed by atoms with E-state index in [4.69, 9.17) is 5.73 Å². The van der Waals surface area contributed by atoms with E-state index in [1.807, 2.05) is 0 Å². The molecule has 1 atom stereocenters. The van der Waals surface area contributed by atoms with Gasteiger partial charge in [-0.15, -0.1) is 0 Å². The van der Waals surface area contributed by atoms with Crippen molar-refractivity contribution in [2.45, 2.75) is 19.0 Å². The Kier molecular flexibility index (Phi) is 5.44. The molecule has 0 bridgehead atoms. The standard InChI is InChI=1S/C19H21N5O4/c1-24-10-12-8-11(18(26)23-16-5-3-4-15(20)22-16)6-7-13(12)21-14(19(24)27)9-17(25)28-2/h3-8,14,21H,9-10H2,1-2H3,(H3,20,22,23,26). The number of carbonyl (C=O) groups excluding carboxylic acids is 3. The van der Waals surface area contributed by atoms with Crippen molar-refractivity contribution in [3.05, 3.63) is 47.5 Å². The average molecular weight is 383 g/mol. The molecule has 2 aromatic rings. The zero-order valence-corrected chi connectivity index (χ0v) is 15.6. The summed E-state index contributed by atoms with van der Waals surface area (Å²) in [7, 11) is 2.92. The number of aromatic nitrogens is 1. The average Bonchev–Trinajstić information content (AvgIpc) is 2.78. The minimum absolute atomic E-state index is 0.0809. The number of nitrogen functional groups attached to an aromatic ring is 1. The summed E-state index contributed by atoms with van der Waals surface area (Å²) in [5.74, 6) is -0.389. The fourth-order valence-electron chi connectivity index (χ4n) is 2.95. The van der Waals surface area contributed by atoms with Crippen molar-refractivity contribution < 1.29 is 19.1 Å². The number of hydrogen-bond donors (Lipinski definition) is 3. The van der Waals surface area contributed by atoms with Gasteiger partial charge in [0.25, 0.3) is 5.91 Å². The molecule has 1 aromatic carbocycles. The van der Waals surface area contributed by atoms with Crippen molar-refractivity contribution in [1.29, 1.82) is 0 Å². The first-order chi connectivity index (χ1) is 13.4. The van der Waals surface area contributed by atoms with Crippen LogP contribution in [0.25, 0.3) is 0 Å². The van der Waals surface area contributed by atoms with Gasteiger partial charge in [0, 0.05) is 24.8 Å². The summed E-state index contributed by atoms with van der Waals surface area (Å²) in [6.07, 6.45) is -0.0809. The number of amides is 2. The maximum absolute atomic E-state index is 12.5. The van der Waals surface area contributed by atoms with Gasteiger partial charge >= 0.3 is 5.97 Å². The van der Waals surface area contributed by atoms with Gasteiger partial charge in [-0.1, -0.05) is 6.07 Å². The smallest absolute Gasteiger partial charge is 0.308 e. The number of methoxy groups -OCH3 is 1. The van der Waals surface area contributed by atoms with Crippen molar-refractivity contribution in [3.63, 3.8) is 0 Å². The van der Waals surface area contributed by atoms with E-state index in [1.54, 1.807) is 43.4 Å². The predicted molar refractivity (Wildman–Crippen MR) is 104 cm³/mol. The number of hydrogen-bond acceptors (Lipinski definition) is 7. The topological polar surface area (TPSA) is 127 Å². The molecule has 0 radical (unpaired) electrons. The highest BCUT2D eigenvalue weighted by Crippen LogP contribution is 2.25. The molecule has 9 nitrogen and oxygen atoms in total. The van der Waals surface area contributed by atoms with E-state index in [0.717, 1.165) is 5.56 Å². The molecule has 28 heavy (non-hydrogen) atoms. The second-order valence-corrected chi connectivity index (χ2v) is 6.45. The molecule has 2 amide bonds. The Morgan fingerprint density at radius 3 is 2.86 bits per heavy atom. The van der Waals surface area contributed by atoms with E-state index in [0.29, 0.717) is 29.4 Å². The van der Waals surface area contributed by atoms with E-state index in [2.05, 4.69) is 20.4 Å². The number of carbonyl (C=O) groups is 3. The summed E-state index contributed by atoms with van der Waals surface area (Å²) in [6.45, 7) is 0.302. The zero-order valence-electron chi connectivity index (χ0n) is 15.6. The van der Waals surface area contributed by atoms with Crippen LogP contribution in [0.15, 0.2) is 36.4 Å². The Hall–Kier alpha value is -3.62. The van der Waals surface area contributed by atoms with Crippen LogP contribution in [0.1, 0.15) is 22.3 Å². The molecule has 0 spiro atoms. The molecular formula is C19H21N5O4. The van der Waals surface area contributed by atoms with Gasteiger partial charge < -0.3 is 26.0 Å². The summed E-state index contributed by atoms with van der Waals surface area (Å²) in [5, 5.41) is 5.77. The van der Waals surface area contributed by atoms with Gasteiger partial charge in [0.15, 0.2) is 0 Å². The Morgan fingerprint density at radius 1 is 1.36 bits per heavy atom. The fourth-order valence-corrected chi connectivity index (χ4v) is 2.95. The van der Waals surface area contributed by atoms with E-state index >= 15 is 0 Å². The number of fused-ring (bicyclic) bond motifs is 1. The largest absolute Gasteiger partial charge is 0.469 e. The van der Waals surface area contributed by atoms with Gasteiger partial charge in [-0.3, -0.25) is 14.4 Å². The molecule has 0 saturated heterocycles. The molecule has 9 heteroatoms. The van der Waals surface area contributed by atoms with E-state index in [-0.39, 0.29) is 18.2 Å². The molecule has 2 heterocycles. The fraction of sp³-hybridized carbons (Fsp3) is 0.263. The van der Waals surface area contributed by atoms with Crippen LogP contribution in [0.3, 0.4) is 0 Å². The van der Waals surface area contributed by atoms with Crippen molar-refractivity contribution >= 4 is 35.1 Å². The number of nitrogens with one attached hydrogen (secondary N) is 2. The summed E-state index contributed by atoms with van der Waals surface area (Å²) >= 11 is 0. The number of benzene rings is 1. The predicted octanol–water partition coefficient (Wildman–Crippen LogP) is 1.23. The van der Waals surface area contributed by atoms with Crippen LogP contribution in [0.2, 0.25) is 0 Å². The minimum Gasteiger partial charge on any atom is -0.469 e. The first kappa shape index (κ1) is 19.2. The molecule has 0 aliphatic carbocycles. The van der Waals surface area contributed by atoms with Gasteiger partial charge in [0.2, 0.25) is 5.91 Å². The highest BCUT2D eigenvalue weighted by atomic mass is 16.5. The highest BCUT2D eigenvalue weighted by molar-refractivity contribution is 6.04. The van der Waals surface area contributed by atoms with Gasteiger partial charge in [-0.25, -0.2) is 4.98 Å². The van der Waals surface area contributed by atoms with Crippen LogP contribution in [0.5, 0.6) is 0 Å². The van der Waals surface area contributed by atoms with Crippen LogP contribution in [-0.4, -0.2) is 47.9 Å². The number of esters is 1. The molecule has 1 unspecified atom stereocenters. The van der Waals surface area contributed by atoms with E-state index < -0.39 is 12.0 Å². The zero-order chi connectivity index (χ0) is 20.3. The third kappa shape index (κ3) is 4.20. The van der Waals surface area contributed by atoms with Crippen molar-refractivity contribution in [3.8, 4) is 0 Å². The van der Waals surface area contributed by atoms with Crippen LogP contribution in [0, 0.1) is 0 Å². The summed E-state index contributed by atoms with van der Waals surface area (Å²) in [5.41, 5.74) is 7.49. The van der Waals surface area contributed by atoms with Crippen LogP contribution in [0.4, 0.5) is 17.3 Å². The molecule has 1 aliphatic rings. The number of nitrogens with zero attached hydrogens (tertiary/aromatic N) is 2. The molecular weight excluding hydrogens is 362 g/mol. The van der Waals surface area contributed by atoms with Crippen LogP contribution in [-0.2, 0) is 20.9 Å². The van der Waals surface area contributed by atoms with Crippen LogP contribution < -0.4 is 16.4 Å². The monoisotopic (exact) mass is 383 g/mol. The molecule has 146 valence electrons.